The van der Waals surface area contributed by atoms with Gasteiger partial charge in [0.2, 0.25) is 5.91 Å². The van der Waals surface area contributed by atoms with Gasteiger partial charge in [-0.25, -0.2) is 4.39 Å². The van der Waals surface area contributed by atoms with Gasteiger partial charge in [0, 0.05) is 11.4 Å². The van der Waals surface area contributed by atoms with Crippen molar-refractivity contribution in [3.05, 3.63) is 42.7 Å². The molecule has 0 aliphatic carbocycles. The maximum absolute atomic E-state index is 13.5. The lowest BCUT2D eigenvalue weighted by molar-refractivity contribution is -0.147. The molecule has 114 valence electrons. The molecule has 0 heterocycles. The third-order valence-corrected chi connectivity index (χ3v) is 3.55. The number of esters is 1. The van der Waals surface area contributed by atoms with Crippen LogP contribution in [-0.2, 0) is 14.3 Å². The summed E-state index contributed by atoms with van der Waals surface area (Å²) in [4.78, 5) is 25.3. The highest BCUT2D eigenvalue weighted by Gasteiger charge is 2.17. The maximum Gasteiger partial charge on any atom is 0.325 e. The molecule has 0 N–H and O–H groups in total. The zero-order valence-electron chi connectivity index (χ0n) is 11.9. The van der Waals surface area contributed by atoms with Gasteiger partial charge in [-0.05, 0) is 19.1 Å². The number of hydrogen-bond acceptors (Lipinski definition) is 4. The van der Waals surface area contributed by atoms with Crippen LogP contribution in [0.3, 0.4) is 0 Å². The second-order valence-electron chi connectivity index (χ2n) is 4.09. The van der Waals surface area contributed by atoms with E-state index in [1.54, 1.807) is 25.1 Å². The molecule has 4 nitrogen and oxygen atoms in total. The summed E-state index contributed by atoms with van der Waals surface area (Å²) in [7, 11) is 0. The van der Waals surface area contributed by atoms with Crippen molar-refractivity contribution in [2.45, 2.75) is 11.8 Å². The first-order valence-electron chi connectivity index (χ1n) is 6.50. The van der Waals surface area contributed by atoms with Crippen LogP contribution in [0.25, 0.3) is 0 Å². The van der Waals surface area contributed by atoms with Gasteiger partial charge in [-0.2, -0.15) is 0 Å². The molecule has 0 atom stereocenters. The molecular formula is C15H18FNO3S. The predicted molar refractivity (Wildman–Crippen MR) is 80.5 cm³/mol. The van der Waals surface area contributed by atoms with E-state index in [0.29, 0.717) is 4.90 Å². The van der Waals surface area contributed by atoms with E-state index in [9.17, 15) is 14.0 Å². The minimum absolute atomic E-state index is 0.0498. The Morgan fingerprint density at radius 2 is 2.14 bits per heavy atom. The number of hydrogen-bond donors (Lipinski definition) is 0. The fourth-order valence-electron chi connectivity index (χ4n) is 1.57. The highest BCUT2D eigenvalue weighted by molar-refractivity contribution is 8.00. The highest BCUT2D eigenvalue weighted by atomic mass is 32.2. The number of halogens is 1. The van der Waals surface area contributed by atoms with Gasteiger partial charge < -0.3 is 9.64 Å². The fraction of sp³-hybridized carbons (Fsp3) is 0.333. The molecule has 0 saturated carbocycles. The van der Waals surface area contributed by atoms with Gasteiger partial charge in [0.15, 0.2) is 0 Å². The number of ether oxygens (including phenoxy) is 1. The van der Waals surface area contributed by atoms with E-state index >= 15 is 0 Å². The van der Waals surface area contributed by atoms with E-state index in [-0.39, 0.29) is 37.2 Å². The number of nitrogens with zero attached hydrogens (tertiary/aromatic N) is 1. The molecule has 0 fully saturated rings. The molecule has 0 saturated heterocycles. The molecule has 0 aliphatic rings. The molecule has 0 unspecified atom stereocenters. The van der Waals surface area contributed by atoms with E-state index < -0.39 is 5.97 Å². The first-order chi connectivity index (χ1) is 10.1. The van der Waals surface area contributed by atoms with Gasteiger partial charge in [-0.1, -0.05) is 18.2 Å². The van der Waals surface area contributed by atoms with Crippen molar-refractivity contribution in [2.24, 2.45) is 0 Å². The summed E-state index contributed by atoms with van der Waals surface area (Å²) in [6.45, 7) is 5.64. The molecule has 6 heteroatoms. The smallest absolute Gasteiger partial charge is 0.325 e. The zero-order chi connectivity index (χ0) is 15.7. The average Bonchev–Trinajstić information content (AvgIpc) is 2.46. The van der Waals surface area contributed by atoms with E-state index in [1.165, 1.54) is 17.0 Å². The van der Waals surface area contributed by atoms with Crippen molar-refractivity contribution in [3.63, 3.8) is 0 Å². The summed E-state index contributed by atoms with van der Waals surface area (Å²) in [6, 6.07) is 6.24. The Kier molecular flexibility index (Phi) is 7.53. The minimum atomic E-state index is -0.469. The van der Waals surface area contributed by atoms with Crippen LogP contribution in [0.4, 0.5) is 4.39 Å². The molecule has 1 amide bonds. The molecule has 1 aromatic carbocycles. The van der Waals surface area contributed by atoms with Crippen LogP contribution in [0.2, 0.25) is 0 Å². The van der Waals surface area contributed by atoms with Crippen molar-refractivity contribution in [1.29, 1.82) is 0 Å². The monoisotopic (exact) mass is 311 g/mol. The van der Waals surface area contributed by atoms with Gasteiger partial charge in [-0.3, -0.25) is 9.59 Å². The third-order valence-electron chi connectivity index (χ3n) is 2.52. The first kappa shape index (κ1) is 17.2. The van der Waals surface area contributed by atoms with Crippen LogP contribution in [0, 0.1) is 5.82 Å². The summed E-state index contributed by atoms with van der Waals surface area (Å²) in [5.74, 6) is -1.05. The van der Waals surface area contributed by atoms with Crippen molar-refractivity contribution in [3.8, 4) is 0 Å². The minimum Gasteiger partial charge on any atom is -0.465 e. The average molecular weight is 311 g/mol. The molecule has 0 aromatic heterocycles. The standard InChI is InChI=1S/C15H18FNO3S/c1-3-9-17(10-15(19)20-4-2)14(18)11-21-13-8-6-5-7-12(13)16/h3,5-8H,1,4,9-11H2,2H3. The van der Waals surface area contributed by atoms with Crippen molar-refractivity contribution < 1.29 is 18.7 Å². The van der Waals surface area contributed by atoms with Crippen LogP contribution in [0.5, 0.6) is 0 Å². The lowest BCUT2D eigenvalue weighted by Gasteiger charge is -2.19. The Bertz CT molecular complexity index is 507. The Labute approximate surface area is 128 Å². The highest BCUT2D eigenvalue weighted by Crippen LogP contribution is 2.21. The Morgan fingerprint density at radius 1 is 1.43 bits per heavy atom. The van der Waals surface area contributed by atoms with Crippen LogP contribution >= 0.6 is 11.8 Å². The van der Waals surface area contributed by atoms with E-state index in [4.69, 9.17) is 4.74 Å². The molecule has 0 aliphatic heterocycles. The summed E-state index contributed by atoms with van der Waals surface area (Å²) in [6.07, 6.45) is 1.53. The van der Waals surface area contributed by atoms with Crippen LogP contribution < -0.4 is 0 Å². The summed E-state index contributed by atoms with van der Waals surface area (Å²) in [5, 5.41) is 0. The number of benzene rings is 1. The number of amides is 1. The molecule has 21 heavy (non-hydrogen) atoms. The molecule has 0 radical (unpaired) electrons. The largest absolute Gasteiger partial charge is 0.465 e. The number of rotatable bonds is 8. The van der Waals surface area contributed by atoms with Crippen molar-refractivity contribution in [1.82, 2.24) is 4.90 Å². The predicted octanol–water partition coefficient (Wildman–Crippen LogP) is 2.50. The molecule has 0 spiro atoms. The van der Waals surface area contributed by atoms with Crippen LogP contribution in [-0.4, -0.2) is 42.2 Å². The van der Waals surface area contributed by atoms with E-state index in [0.717, 1.165) is 11.8 Å². The second-order valence-corrected chi connectivity index (χ2v) is 5.10. The van der Waals surface area contributed by atoms with Crippen LogP contribution in [0.15, 0.2) is 41.8 Å². The maximum atomic E-state index is 13.5. The first-order valence-corrected chi connectivity index (χ1v) is 7.48. The quantitative estimate of drug-likeness (QED) is 0.420. The molecule has 1 rings (SSSR count). The normalized spacial score (nSPS) is 10.0. The number of carbonyl (C=O) groups is 2. The Balaban J connectivity index is 2.58. The lowest BCUT2D eigenvalue weighted by atomic mass is 10.3. The summed E-state index contributed by atoms with van der Waals surface area (Å²) >= 11 is 1.10. The zero-order valence-corrected chi connectivity index (χ0v) is 12.7. The topological polar surface area (TPSA) is 46.6 Å². The molecule has 0 bridgehead atoms. The second kappa shape index (κ2) is 9.18. The lowest BCUT2D eigenvalue weighted by Crippen LogP contribution is -2.37. The van der Waals surface area contributed by atoms with Gasteiger partial charge >= 0.3 is 5.97 Å². The third kappa shape index (κ3) is 5.99. The Morgan fingerprint density at radius 3 is 2.76 bits per heavy atom. The van der Waals surface area contributed by atoms with Gasteiger partial charge in [0.1, 0.15) is 12.4 Å². The number of thioether (sulfide) groups is 1. The van der Waals surface area contributed by atoms with Gasteiger partial charge in [0.25, 0.3) is 0 Å². The van der Waals surface area contributed by atoms with E-state index in [1.807, 2.05) is 0 Å². The van der Waals surface area contributed by atoms with E-state index in [2.05, 4.69) is 6.58 Å². The van der Waals surface area contributed by atoms with Crippen molar-refractivity contribution in [2.75, 3.05) is 25.4 Å². The van der Waals surface area contributed by atoms with Crippen LogP contribution in [0.1, 0.15) is 6.92 Å². The van der Waals surface area contributed by atoms with Crippen molar-refractivity contribution >= 4 is 23.6 Å². The molecular weight excluding hydrogens is 293 g/mol. The van der Waals surface area contributed by atoms with Gasteiger partial charge in [0.05, 0.1) is 12.4 Å². The summed E-state index contributed by atoms with van der Waals surface area (Å²) < 4.78 is 18.3. The molecule has 1 aromatic rings. The SMILES string of the molecule is C=CCN(CC(=O)OCC)C(=O)CSc1ccccc1F. The Hall–Kier alpha value is -1.82. The summed E-state index contributed by atoms with van der Waals surface area (Å²) in [5.41, 5.74) is 0. The van der Waals surface area contributed by atoms with Gasteiger partial charge in [-0.15, -0.1) is 18.3 Å². The fourth-order valence-corrected chi connectivity index (χ4v) is 2.41. The number of carbonyl (C=O) groups excluding carboxylic acids is 2.